The van der Waals surface area contributed by atoms with Crippen molar-refractivity contribution < 1.29 is 23.0 Å². The number of β-amino-alcohol motifs (C(OH)–C–C–N with tert-alkyl or cyclic N) is 1. The lowest BCUT2D eigenvalue weighted by Crippen LogP contribution is -2.60. The molecule has 0 bridgehead atoms. The molecule has 0 aromatic heterocycles. The third kappa shape index (κ3) is 2.59. The monoisotopic (exact) mass is 261 g/mol. The predicted octanol–water partition coefficient (Wildman–Crippen LogP) is 1.59. The summed E-state index contributed by atoms with van der Waals surface area (Å²) >= 11 is 0. The molecule has 18 heavy (non-hydrogen) atoms. The number of halogens is 3. The van der Waals surface area contributed by atoms with Gasteiger partial charge in [-0.3, -0.25) is 0 Å². The van der Waals surface area contributed by atoms with Crippen LogP contribution in [0.25, 0.3) is 0 Å². The average Bonchev–Trinajstić information content (AvgIpc) is 2.26. The van der Waals surface area contributed by atoms with Gasteiger partial charge in [-0.1, -0.05) is 6.07 Å². The van der Waals surface area contributed by atoms with Gasteiger partial charge in [-0.15, -0.1) is 0 Å². The molecular weight excluding hydrogens is 247 g/mol. The van der Waals surface area contributed by atoms with Gasteiger partial charge in [0, 0.05) is 19.5 Å². The molecule has 0 unspecified atom stereocenters. The van der Waals surface area contributed by atoms with Gasteiger partial charge in [0.2, 0.25) is 0 Å². The van der Waals surface area contributed by atoms with E-state index in [1.807, 2.05) is 0 Å². The zero-order valence-corrected chi connectivity index (χ0v) is 9.84. The summed E-state index contributed by atoms with van der Waals surface area (Å²) in [4.78, 5) is 0. The van der Waals surface area contributed by atoms with Crippen LogP contribution in [0.3, 0.4) is 0 Å². The highest BCUT2D eigenvalue weighted by molar-refractivity contribution is 5.38. The van der Waals surface area contributed by atoms with Gasteiger partial charge in [-0.2, -0.15) is 13.2 Å². The van der Waals surface area contributed by atoms with Gasteiger partial charge >= 0.3 is 6.18 Å². The summed E-state index contributed by atoms with van der Waals surface area (Å²) in [6.07, 6.45) is -4.46. The van der Waals surface area contributed by atoms with E-state index in [-0.39, 0.29) is 17.7 Å². The minimum absolute atomic E-state index is 0.0150. The maximum Gasteiger partial charge on any atom is 0.416 e. The molecule has 0 atom stereocenters. The third-order valence-electron chi connectivity index (χ3n) is 3.05. The van der Waals surface area contributed by atoms with E-state index in [1.54, 1.807) is 0 Å². The highest BCUT2D eigenvalue weighted by Gasteiger charge is 2.39. The first-order chi connectivity index (χ1) is 8.34. The molecule has 2 N–H and O–H groups in total. The standard InChI is InChI=1S/C12H14F3NO2/c1-18-9-3-2-8(5-11(17)6-16-7-11)10(4-9)12(13,14)15/h2-4,16-17H,5-7H2,1H3. The van der Waals surface area contributed by atoms with Crippen molar-refractivity contribution in [2.45, 2.75) is 18.2 Å². The lowest BCUT2D eigenvalue weighted by atomic mass is 9.87. The quantitative estimate of drug-likeness (QED) is 0.868. The van der Waals surface area contributed by atoms with Crippen molar-refractivity contribution >= 4 is 0 Å². The smallest absolute Gasteiger partial charge is 0.416 e. The number of benzene rings is 1. The molecule has 0 aliphatic carbocycles. The lowest BCUT2D eigenvalue weighted by molar-refractivity contribution is -0.138. The maximum atomic E-state index is 12.9. The summed E-state index contributed by atoms with van der Waals surface area (Å²) in [7, 11) is 1.32. The van der Waals surface area contributed by atoms with Crippen LogP contribution in [0.5, 0.6) is 5.75 Å². The Morgan fingerprint density at radius 2 is 2.06 bits per heavy atom. The SMILES string of the molecule is COc1ccc(CC2(O)CNC2)c(C(F)(F)F)c1. The molecule has 3 nitrogen and oxygen atoms in total. The largest absolute Gasteiger partial charge is 0.497 e. The predicted molar refractivity (Wildman–Crippen MR) is 59.5 cm³/mol. The molecule has 1 heterocycles. The molecule has 6 heteroatoms. The van der Waals surface area contributed by atoms with E-state index in [9.17, 15) is 18.3 Å². The average molecular weight is 261 g/mol. The van der Waals surface area contributed by atoms with Crippen LogP contribution in [0.2, 0.25) is 0 Å². The van der Waals surface area contributed by atoms with Crippen LogP contribution in [-0.4, -0.2) is 30.9 Å². The number of nitrogens with one attached hydrogen (secondary N) is 1. The van der Waals surface area contributed by atoms with Crippen LogP contribution in [0.15, 0.2) is 18.2 Å². The molecule has 0 radical (unpaired) electrons. The van der Waals surface area contributed by atoms with Crippen molar-refractivity contribution in [3.8, 4) is 5.75 Å². The molecule has 1 aromatic rings. The summed E-state index contributed by atoms with van der Waals surface area (Å²) in [6.45, 7) is 0.632. The molecular formula is C12H14F3NO2. The molecule has 1 aliphatic rings. The van der Waals surface area contributed by atoms with Crippen LogP contribution in [0.1, 0.15) is 11.1 Å². The molecule has 0 saturated carbocycles. The molecule has 1 aliphatic heterocycles. The maximum absolute atomic E-state index is 12.9. The van der Waals surface area contributed by atoms with Gasteiger partial charge in [0.05, 0.1) is 18.3 Å². The first-order valence-corrected chi connectivity index (χ1v) is 5.51. The molecule has 1 aromatic carbocycles. The second-order valence-corrected chi connectivity index (χ2v) is 4.53. The van der Waals surface area contributed by atoms with E-state index in [4.69, 9.17) is 4.74 Å². The Labute approximate surface area is 103 Å². The van der Waals surface area contributed by atoms with Crippen molar-refractivity contribution in [3.63, 3.8) is 0 Å². The van der Waals surface area contributed by atoms with Gasteiger partial charge in [-0.25, -0.2) is 0 Å². The Kier molecular flexibility index (Phi) is 3.25. The fourth-order valence-electron chi connectivity index (χ4n) is 1.99. The number of alkyl halides is 3. The van der Waals surface area contributed by atoms with Crippen molar-refractivity contribution in [2.75, 3.05) is 20.2 Å². The Bertz CT molecular complexity index is 441. The summed E-state index contributed by atoms with van der Waals surface area (Å²) in [6, 6.07) is 3.79. The number of hydrogen-bond donors (Lipinski definition) is 2. The van der Waals surface area contributed by atoms with Crippen molar-refractivity contribution in [1.29, 1.82) is 0 Å². The molecule has 2 rings (SSSR count). The second-order valence-electron chi connectivity index (χ2n) is 4.53. The van der Waals surface area contributed by atoms with E-state index < -0.39 is 17.3 Å². The first-order valence-electron chi connectivity index (χ1n) is 5.51. The first kappa shape index (κ1) is 13.2. The normalized spacial score (nSPS) is 18.3. The van der Waals surface area contributed by atoms with Crippen LogP contribution in [0.4, 0.5) is 13.2 Å². The molecule has 0 spiro atoms. The summed E-state index contributed by atoms with van der Waals surface area (Å²) in [5.74, 6) is 0.157. The second kappa shape index (κ2) is 4.44. The number of hydrogen-bond acceptors (Lipinski definition) is 3. The number of rotatable bonds is 3. The highest BCUT2D eigenvalue weighted by atomic mass is 19.4. The fourth-order valence-corrected chi connectivity index (χ4v) is 1.99. The lowest BCUT2D eigenvalue weighted by Gasteiger charge is -2.38. The Hall–Kier alpha value is -1.27. The van der Waals surface area contributed by atoms with E-state index in [1.165, 1.54) is 19.2 Å². The van der Waals surface area contributed by atoms with Crippen LogP contribution in [0, 0.1) is 0 Å². The molecule has 1 fully saturated rings. The van der Waals surface area contributed by atoms with Gasteiger partial charge in [-0.05, 0) is 17.7 Å². The van der Waals surface area contributed by atoms with Gasteiger partial charge in [0.15, 0.2) is 0 Å². The van der Waals surface area contributed by atoms with E-state index in [0.29, 0.717) is 13.1 Å². The molecule has 0 amide bonds. The van der Waals surface area contributed by atoms with Crippen molar-refractivity contribution in [2.24, 2.45) is 0 Å². The number of aliphatic hydroxyl groups is 1. The van der Waals surface area contributed by atoms with Crippen molar-refractivity contribution in [3.05, 3.63) is 29.3 Å². The van der Waals surface area contributed by atoms with Crippen molar-refractivity contribution in [1.82, 2.24) is 5.32 Å². The molecule has 1 saturated heterocycles. The topological polar surface area (TPSA) is 41.5 Å². The Morgan fingerprint density at radius 1 is 1.39 bits per heavy atom. The van der Waals surface area contributed by atoms with E-state index in [2.05, 4.69) is 5.32 Å². The van der Waals surface area contributed by atoms with Crippen LogP contribution >= 0.6 is 0 Å². The van der Waals surface area contributed by atoms with Crippen LogP contribution < -0.4 is 10.1 Å². The summed E-state index contributed by atoms with van der Waals surface area (Å²) in [5, 5.41) is 12.8. The Balaban J connectivity index is 2.33. The summed E-state index contributed by atoms with van der Waals surface area (Å²) < 4.78 is 43.5. The van der Waals surface area contributed by atoms with Gasteiger partial charge < -0.3 is 15.2 Å². The zero-order chi connectivity index (χ0) is 13.4. The third-order valence-corrected chi connectivity index (χ3v) is 3.05. The van der Waals surface area contributed by atoms with E-state index >= 15 is 0 Å². The van der Waals surface area contributed by atoms with E-state index in [0.717, 1.165) is 6.07 Å². The fraction of sp³-hybridized carbons (Fsp3) is 0.500. The number of ether oxygens (including phenoxy) is 1. The van der Waals surface area contributed by atoms with Crippen LogP contribution in [-0.2, 0) is 12.6 Å². The molecule has 100 valence electrons. The van der Waals surface area contributed by atoms with Gasteiger partial charge in [0.1, 0.15) is 5.75 Å². The highest BCUT2D eigenvalue weighted by Crippen LogP contribution is 2.36. The minimum atomic E-state index is -4.45. The summed E-state index contributed by atoms with van der Waals surface area (Å²) in [5.41, 5.74) is -1.73. The van der Waals surface area contributed by atoms with Gasteiger partial charge in [0.25, 0.3) is 0 Å². The number of methoxy groups -OCH3 is 1. The zero-order valence-electron chi connectivity index (χ0n) is 9.84. The minimum Gasteiger partial charge on any atom is -0.497 e. The Morgan fingerprint density at radius 3 is 2.50 bits per heavy atom.